The third kappa shape index (κ3) is 9.76. The third-order valence-corrected chi connectivity index (χ3v) is 2.48. The van der Waals surface area contributed by atoms with E-state index in [1.807, 2.05) is 13.8 Å². The Kier molecular flexibility index (Phi) is 15.7. The Morgan fingerprint density at radius 3 is 1.62 bits per heavy atom. The number of benzene rings is 1. The van der Waals surface area contributed by atoms with Gasteiger partial charge in [-0.15, -0.1) is 0 Å². The van der Waals surface area contributed by atoms with Crippen molar-refractivity contribution in [2.45, 2.75) is 66.7 Å². The van der Waals surface area contributed by atoms with Gasteiger partial charge in [0.2, 0.25) is 0 Å². The molecule has 0 bridgehead atoms. The molecule has 1 rings (SSSR count). The van der Waals surface area contributed by atoms with E-state index < -0.39 is 0 Å². The Morgan fingerprint density at radius 2 is 1.31 bits per heavy atom. The van der Waals surface area contributed by atoms with E-state index in [0.717, 1.165) is 0 Å². The van der Waals surface area contributed by atoms with Gasteiger partial charge in [0, 0.05) is 0 Å². The maximum absolute atomic E-state index is 2.26. The maximum atomic E-state index is 2.26. The van der Waals surface area contributed by atoms with Crippen molar-refractivity contribution in [2.75, 3.05) is 0 Å². The molecule has 0 nitrogen and oxygen atoms in total. The molecule has 0 aliphatic carbocycles. The molecule has 0 aliphatic heterocycles. The molecule has 16 heavy (non-hydrogen) atoms. The van der Waals surface area contributed by atoms with E-state index >= 15 is 0 Å². The van der Waals surface area contributed by atoms with Gasteiger partial charge in [-0.2, -0.15) is 0 Å². The summed E-state index contributed by atoms with van der Waals surface area (Å²) in [6.45, 7) is 12.8. The van der Waals surface area contributed by atoms with Gasteiger partial charge in [0.1, 0.15) is 0 Å². The largest absolute Gasteiger partial charge is 0.0683 e. The molecule has 0 heteroatoms. The van der Waals surface area contributed by atoms with Crippen molar-refractivity contribution in [3.63, 3.8) is 0 Å². The average Bonchev–Trinajstić information content (AvgIpc) is 2.41. The van der Waals surface area contributed by atoms with Crippen molar-refractivity contribution in [3.05, 3.63) is 35.9 Å². The average molecular weight is 222 g/mol. The minimum atomic E-state index is 0.709. The predicted molar refractivity (Wildman–Crippen MR) is 77.1 cm³/mol. The Labute approximate surface area is 103 Å². The highest BCUT2D eigenvalue weighted by Gasteiger charge is 1.98. The van der Waals surface area contributed by atoms with E-state index in [-0.39, 0.29) is 0 Å². The summed E-state index contributed by atoms with van der Waals surface area (Å²) in [6.07, 6.45) is 3.87. The van der Waals surface area contributed by atoms with E-state index in [0.29, 0.717) is 5.92 Å². The van der Waals surface area contributed by atoms with Gasteiger partial charge >= 0.3 is 0 Å². The SMILES string of the molecule is CC.CCC(C)c1ccccc1.CCCC. The number of rotatable bonds is 3. The van der Waals surface area contributed by atoms with Gasteiger partial charge < -0.3 is 0 Å². The highest BCUT2D eigenvalue weighted by Crippen LogP contribution is 2.16. The molecule has 1 aromatic carbocycles. The summed E-state index contributed by atoms with van der Waals surface area (Å²) in [6, 6.07) is 10.6. The first-order chi connectivity index (χ1) is 7.76. The summed E-state index contributed by atoms with van der Waals surface area (Å²) in [4.78, 5) is 0. The summed E-state index contributed by atoms with van der Waals surface area (Å²) < 4.78 is 0. The van der Waals surface area contributed by atoms with Crippen LogP contribution in [-0.2, 0) is 0 Å². The number of hydrogen-bond donors (Lipinski definition) is 0. The summed E-state index contributed by atoms with van der Waals surface area (Å²) >= 11 is 0. The molecule has 0 radical (unpaired) electrons. The normalized spacial score (nSPS) is 10.4. The molecule has 0 amide bonds. The van der Waals surface area contributed by atoms with Crippen LogP contribution in [0, 0.1) is 0 Å². The van der Waals surface area contributed by atoms with Gasteiger partial charge in [0.05, 0.1) is 0 Å². The second-order valence-corrected chi connectivity index (χ2v) is 3.72. The van der Waals surface area contributed by atoms with Crippen molar-refractivity contribution in [3.8, 4) is 0 Å². The quantitative estimate of drug-likeness (QED) is 0.585. The molecule has 0 spiro atoms. The standard InChI is InChI=1S/C10H14.C4H10.C2H6/c1-3-9(2)10-7-5-4-6-8-10;1-3-4-2;1-2/h4-9H,3H2,1-2H3;3-4H2,1-2H3;1-2H3. The van der Waals surface area contributed by atoms with Gasteiger partial charge in [0.25, 0.3) is 0 Å². The maximum Gasteiger partial charge on any atom is -0.0193 e. The molecule has 0 aromatic heterocycles. The van der Waals surface area contributed by atoms with Crippen LogP contribution in [0.25, 0.3) is 0 Å². The van der Waals surface area contributed by atoms with E-state index in [2.05, 4.69) is 58.0 Å². The Bertz CT molecular complexity index is 199. The Balaban J connectivity index is 0. The van der Waals surface area contributed by atoms with Crippen LogP contribution in [0.3, 0.4) is 0 Å². The second-order valence-electron chi connectivity index (χ2n) is 3.72. The summed E-state index contributed by atoms with van der Waals surface area (Å²) in [5, 5.41) is 0. The lowest BCUT2D eigenvalue weighted by Gasteiger charge is -2.06. The molecule has 1 unspecified atom stereocenters. The summed E-state index contributed by atoms with van der Waals surface area (Å²) in [7, 11) is 0. The van der Waals surface area contributed by atoms with E-state index in [1.54, 1.807) is 0 Å². The first-order valence-electron chi connectivity index (χ1n) is 6.81. The van der Waals surface area contributed by atoms with Crippen LogP contribution in [0.2, 0.25) is 0 Å². The van der Waals surface area contributed by atoms with E-state index in [1.165, 1.54) is 24.8 Å². The zero-order valence-electron chi connectivity index (χ0n) is 12.1. The number of hydrogen-bond acceptors (Lipinski definition) is 0. The fourth-order valence-electron chi connectivity index (χ4n) is 1.02. The first kappa shape index (κ1) is 17.6. The third-order valence-electron chi connectivity index (χ3n) is 2.48. The van der Waals surface area contributed by atoms with Crippen LogP contribution >= 0.6 is 0 Å². The Hall–Kier alpha value is -0.780. The van der Waals surface area contributed by atoms with Gasteiger partial charge in [-0.1, -0.05) is 84.7 Å². The van der Waals surface area contributed by atoms with Crippen molar-refractivity contribution in [1.82, 2.24) is 0 Å². The summed E-state index contributed by atoms with van der Waals surface area (Å²) in [5.41, 5.74) is 1.45. The van der Waals surface area contributed by atoms with Crippen molar-refractivity contribution in [2.24, 2.45) is 0 Å². The topological polar surface area (TPSA) is 0 Å². The monoisotopic (exact) mass is 222 g/mol. The molecule has 0 fully saturated rings. The van der Waals surface area contributed by atoms with Crippen LogP contribution < -0.4 is 0 Å². The zero-order valence-corrected chi connectivity index (χ0v) is 12.1. The predicted octanol–water partition coefficient (Wildman–Crippen LogP) is 6.03. The fraction of sp³-hybridized carbons (Fsp3) is 0.625. The smallest absolute Gasteiger partial charge is 0.0193 e. The van der Waals surface area contributed by atoms with Crippen LogP contribution in [0.5, 0.6) is 0 Å². The number of unbranched alkanes of at least 4 members (excludes halogenated alkanes) is 1. The highest BCUT2D eigenvalue weighted by molar-refractivity contribution is 5.18. The summed E-state index contributed by atoms with van der Waals surface area (Å²) in [5.74, 6) is 0.709. The van der Waals surface area contributed by atoms with E-state index in [9.17, 15) is 0 Å². The van der Waals surface area contributed by atoms with Crippen LogP contribution in [-0.4, -0.2) is 0 Å². The lowest BCUT2D eigenvalue weighted by molar-refractivity contribution is 0.733. The van der Waals surface area contributed by atoms with Crippen LogP contribution in [0.4, 0.5) is 0 Å². The van der Waals surface area contributed by atoms with Gasteiger partial charge in [-0.05, 0) is 17.9 Å². The van der Waals surface area contributed by atoms with Crippen LogP contribution in [0.15, 0.2) is 30.3 Å². The molecule has 0 saturated heterocycles. The minimum absolute atomic E-state index is 0.709. The molecule has 0 N–H and O–H groups in total. The Morgan fingerprint density at radius 1 is 0.875 bits per heavy atom. The first-order valence-corrected chi connectivity index (χ1v) is 6.81. The minimum Gasteiger partial charge on any atom is -0.0683 e. The van der Waals surface area contributed by atoms with Gasteiger partial charge in [-0.3, -0.25) is 0 Å². The highest BCUT2D eigenvalue weighted by atomic mass is 14.0. The lowest BCUT2D eigenvalue weighted by atomic mass is 9.99. The zero-order chi connectivity index (χ0) is 12.8. The second kappa shape index (κ2) is 14.2. The molecule has 1 atom stereocenters. The van der Waals surface area contributed by atoms with Crippen molar-refractivity contribution >= 4 is 0 Å². The molecule has 1 aromatic rings. The van der Waals surface area contributed by atoms with E-state index in [4.69, 9.17) is 0 Å². The molecular formula is C16H30. The molecule has 94 valence electrons. The van der Waals surface area contributed by atoms with Gasteiger partial charge in [0.15, 0.2) is 0 Å². The van der Waals surface area contributed by atoms with Crippen molar-refractivity contribution < 1.29 is 0 Å². The molecule has 0 aliphatic rings. The lowest BCUT2D eigenvalue weighted by Crippen LogP contribution is -1.88. The van der Waals surface area contributed by atoms with Crippen molar-refractivity contribution in [1.29, 1.82) is 0 Å². The molecular weight excluding hydrogens is 192 g/mol. The fourth-order valence-corrected chi connectivity index (χ4v) is 1.02. The molecule has 0 heterocycles. The van der Waals surface area contributed by atoms with Gasteiger partial charge in [-0.25, -0.2) is 0 Å². The molecule has 0 saturated carbocycles. The van der Waals surface area contributed by atoms with Crippen LogP contribution in [0.1, 0.15) is 72.3 Å².